The minimum Gasteiger partial charge on any atom is -0.481 e. The first kappa shape index (κ1) is 14.6. The van der Waals surface area contributed by atoms with Crippen molar-refractivity contribution in [1.29, 1.82) is 0 Å². The lowest BCUT2D eigenvalue weighted by molar-refractivity contribution is -0.128. The van der Waals surface area contributed by atoms with E-state index in [4.69, 9.17) is 4.74 Å². The first-order valence-corrected chi connectivity index (χ1v) is 6.25. The topological polar surface area (TPSA) is 38.3 Å². The van der Waals surface area contributed by atoms with Crippen LogP contribution in [-0.4, -0.2) is 17.6 Å². The van der Waals surface area contributed by atoms with Crippen molar-refractivity contribution in [2.75, 3.05) is 0 Å². The fourth-order valence-electron chi connectivity index (χ4n) is 1.57. The number of hydrogen-bond donors (Lipinski definition) is 1. The van der Waals surface area contributed by atoms with Crippen LogP contribution in [0.1, 0.15) is 38.8 Å². The molecule has 0 saturated heterocycles. The highest BCUT2D eigenvalue weighted by atomic mass is 16.5. The monoisotopic (exact) mass is 249 g/mol. The van der Waals surface area contributed by atoms with Gasteiger partial charge in [-0.25, -0.2) is 0 Å². The molecule has 0 aromatic heterocycles. The number of amides is 1. The summed E-state index contributed by atoms with van der Waals surface area (Å²) < 4.78 is 5.72. The van der Waals surface area contributed by atoms with E-state index in [0.29, 0.717) is 0 Å². The van der Waals surface area contributed by atoms with E-state index < -0.39 is 6.10 Å². The van der Waals surface area contributed by atoms with Crippen LogP contribution in [0.2, 0.25) is 0 Å². The highest BCUT2D eigenvalue weighted by molar-refractivity contribution is 5.81. The Morgan fingerprint density at radius 1 is 1.28 bits per heavy atom. The quantitative estimate of drug-likeness (QED) is 0.894. The van der Waals surface area contributed by atoms with Crippen LogP contribution in [0.15, 0.2) is 18.2 Å². The van der Waals surface area contributed by atoms with E-state index in [-0.39, 0.29) is 11.4 Å². The summed E-state index contributed by atoms with van der Waals surface area (Å²) in [7, 11) is 0. The van der Waals surface area contributed by atoms with Crippen molar-refractivity contribution in [2.45, 2.75) is 53.2 Å². The van der Waals surface area contributed by atoms with Crippen molar-refractivity contribution in [3.8, 4) is 5.75 Å². The van der Waals surface area contributed by atoms with Crippen LogP contribution in [0.4, 0.5) is 0 Å². The van der Waals surface area contributed by atoms with E-state index in [9.17, 15) is 4.79 Å². The zero-order valence-electron chi connectivity index (χ0n) is 12.1. The van der Waals surface area contributed by atoms with E-state index in [0.717, 1.165) is 16.9 Å². The van der Waals surface area contributed by atoms with Crippen molar-refractivity contribution in [1.82, 2.24) is 5.32 Å². The summed E-state index contributed by atoms with van der Waals surface area (Å²) >= 11 is 0. The van der Waals surface area contributed by atoms with E-state index >= 15 is 0 Å². The van der Waals surface area contributed by atoms with Gasteiger partial charge < -0.3 is 10.1 Å². The Bertz CT molecular complexity index is 433. The van der Waals surface area contributed by atoms with Crippen LogP contribution < -0.4 is 10.1 Å². The smallest absolute Gasteiger partial charge is 0.261 e. The van der Waals surface area contributed by atoms with Crippen molar-refractivity contribution in [3.05, 3.63) is 29.3 Å². The maximum absolute atomic E-state index is 11.9. The largest absolute Gasteiger partial charge is 0.481 e. The average molecular weight is 249 g/mol. The fourth-order valence-corrected chi connectivity index (χ4v) is 1.57. The highest BCUT2D eigenvalue weighted by Crippen LogP contribution is 2.21. The molecule has 0 saturated carbocycles. The lowest BCUT2D eigenvalue weighted by Gasteiger charge is -2.24. The predicted octanol–water partition coefficient (Wildman–Crippen LogP) is 2.99. The summed E-state index contributed by atoms with van der Waals surface area (Å²) in [6.07, 6.45) is -0.496. The second-order valence-electron chi connectivity index (χ2n) is 5.70. The molecule has 0 spiro atoms. The van der Waals surface area contributed by atoms with Crippen LogP contribution >= 0.6 is 0 Å². The van der Waals surface area contributed by atoms with Gasteiger partial charge in [-0.1, -0.05) is 12.1 Å². The van der Waals surface area contributed by atoms with Gasteiger partial charge in [0.1, 0.15) is 5.75 Å². The molecule has 0 aliphatic heterocycles. The fraction of sp³-hybridized carbons (Fsp3) is 0.533. The van der Waals surface area contributed by atoms with Gasteiger partial charge in [-0.05, 0) is 58.7 Å². The van der Waals surface area contributed by atoms with Gasteiger partial charge in [0.2, 0.25) is 0 Å². The average Bonchev–Trinajstić information content (AvgIpc) is 2.22. The summed E-state index contributed by atoms with van der Waals surface area (Å²) in [5.74, 6) is 0.676. The Morgan fingerprint density at radius 3 is 2.44 bits per heavy atom. The number of hydrogen-bond acceptors (Lipinski definition) is 2. The van der Waals surface area contributed by atoms with Gasteiger partial charge >= 0.3 is 0 Å². The maximum atomic E-state index is 11.9. The normalized spacial score (nSPS) is 13.0. The molecule has 1 aromatic carbocycles. The number of carbonyl (C=O) groups is 1. The SMILES string of the molecule is Cc1cccc(O[C@H](C)C(=O)NC(C)(C)C)c1C. The molecule has 3 heteroatoms. The van der Waals surface area contributed by atoms with E-state index in [1.54, 1.807) is 6.92 Å². The number of benzene rings is 1. The van der Waals surface area contributed by atoms with E-state index in [1.165, 1.54) is 0 Å². The predicted molar refractivity (Wildman–Crippen MR) is 73.9 cm³/mol. The first-order valence-electron chi connectivity index (χ1n) is 6.25. The van der Waals surface area contributed by atoms with Crippen molar-refractivity contribution < 1.29 is 9.53 Å². The number of ether oxygens (including phenoxy) is 1. The molecule has 0 heterocycles. The molecule has 1 rings (SSSR count). The highest BCUT2D eigenvalue weighted by Gasteiger charge is 2.21. The lowest BCUT2D eigenvalue weighted by atomic mass is 10.1. The maximum Gasteiger partial charge on any atom is 0.261 e. The standard InChI is InChI=1S/C15H23NO2/c1-10-8-7-9-13(11(10)2)18-12(3)14(17)16-15(4,5)6/h7-9,12H,1-6H3,(H,16,17)/t12-/m1/s1. The molecule has 1 N–H and O–H groups in total. The van der Waals surface area contributed by atoms with Crippen LogP contribution in [0.25, 0.3) is 0 Å². The molecule has 0 radical (unpaired) electrons. The Kier molecular flexibility index (Phi) is 4.38. The van der Waals surface area contributed by atoms with Gasteiger partial charge in [0.15, 0.2) is 6.10 Å². The molecule has 0 unspecified atom stereocenters. The molecular weight excluding hydrogens is 226 g/mol. The minimum atomic E-state index is -0.496. The summed E-state index contributed by atoms with van der Waals surface area (Å²) in [6.45, 7) is 11.7. The molecular formula is C15H23NO2. The van der Waals surface area contributed by atoms with E-state index in [2.05, 4.69) is 5.32 Å². The van der Waals surface area contributed by atoms with Crippen molar-refractivity contribution >= 4 is 5.91 Å². The van der Waals surface area contributed by atoms with Crippen LogP contribution in [0.5, 0.6) is 5.75 Å². The third-order valence-corrected chi connectivity index (χ3v) is 2.73. The van der Waals surface area contributed by atoms with Crippen LogP contribution in [0.3, 0.4) is 0 Å². The summed E-state index contributed by atoms with van der Waals surface area (Å²) in [5.41, 5.74) is 2.00. The third kappa shape index (κ3) is 4.06. The molecule has 18 heavy (non-hydrogen) atoms. The Labute approximate surface area is 110 Å². The van der Waals surface area contributed by atoms with Gasteiger partial charge in [-0.15, -0.1) is 0 Å². The molecule has 0 fully saturated rings. The van der Waals surface area contributed by atoms with Gasteiger partial charge in [-0.2, -0.15) is 0 Å². The molecule has 0 aliphatic rings. The molecule has 0 aliphatic carbocycles. The molecule has 1 aromatic rings. The second-order valence-corrected chi connectivity index (χ2v) is 5.70. The molecule has 1 atom stereocenters. The Balaban J connectivity index is 2.73. The van der Waals surface area contributed by atoms with Gasteiger partial charge in [0.05, 0.1) is 0 Å². The van der Waals surface area contributed by atoms with Gasteiger partial charge in [-0.3, -0.25) is 4.79 Å². The summed E-state index contributed by atoms with van der Waals surface area (Å²) in [5, 5.41) is 2.91. The van der Waals surface area contributed by atoms with Crippen molar-refractivity contribution in [3.63, 3.8) is 0 Å². The second kappa shape index (κ2) is 5.42. The lowest BCUT2D eigenvalue weighted by Crippen LogP contribution is -2.46. The van der Waals surface area contributed by atoms with Gasteiger partial charge in [0, 0.05) is 5.54 Å². The number of rotatable bonds is 3. The van der Waals surface area contributed by atoms with Crippen LogP contribution in [0, 0.1) is 13.8 Å². The molecule has 3 nitrogen and oxygen atoms in total. The van der Waals surface area contributed by atoms with Gasteiger partial charge in [0.25, 0.3) is 5.91 Å². The number of aryl methyl sites for hydroxylation is 1. The summed E-state index contributed by atoms with van der Waals surface area (Å²) in [4.78, 5) is 11.9. The van der Waals surface area contributed by atoms with E-state index in [1.807, 2.05) is 52.8 Å². The zero-order chi connectivity index (χ0) is 13.9. The van der Waals surface area contributed by atoms with Crippen LogP contribution in [-0.2, 0) is 4.79 Å². The Hall–Kier alpha value is -1.51. The molecule has 100 valence electrons. The van der Waals surface area contributed by atoms with Crippen molar-refractivity contribution in [2.24, 2.45) is 0 Å². The zero-order valence-corrected chi connectivity index (χ0v) is 12.1. The minimum absolute atomic E-state index is 0.0941. The molecule has 1 amide bonds. The number of carbonyl (C=O) groups excluding carboxylic acids is 1. The first-order chi connectivity index (χ1) is 8.20. The Morgan fingerprint density at radius 2 is 1.89 bits per heavy atom. The summed E-state index contributed by atoms with van der Waals surface area (Å²) in [6, 6.07) is 5.86. The third-order valence-electron chi connectivity index (χ3n) is 2.73. The number of nitrogens with one attached hydrogen (secondary N) is 1. The molecule has 0 bridgehead atoms.